The van der Waals surface area contributed by atoms with Crippen LogP contribution in [0.25, 0.3) is 0 Å². The largest absolute Gasteiger partial charge is 0.394 e. The van der Waals surface area contributed by atoms with Crippen molar-refractivity contribution < 1.29 is 30.3 Å². The highest BCUT2D eigenvalue weighted by Gasteiger charge is 2.66. The van der Waals surface area contributed by atoms with Gasteiger partial charge in [-0.3, -0.25) is 4.79 Å². The molecule has 0 aliphatic rings. The third-order valence-corrected chi connectivity index (χ3v) is 7.72. The van der Waals surface area contributed by atoms with Crippen molar-refractivity contribution in [2.45, 2.75) is 48.6 Å². The van der Waals surface area contributed by atoms with Gasteiger partial charge in [-0.1, -0.05) is 121 Å². The SMILES string of the molecule is O=C(Cc1ccccc1)[C@@](O)(Cc1ccccc1)[C@](O)(Cc1ccccc1)[C@@](O)(Cc1ccccc1)[C@H](O)CO. The standard InChI is InChI=1S/C34H36O6/c35-25-31(37)33(39,23-28-17-9-3-10-18-28)34(40,24-29-19-11-4-12-20-29)32(38,22-27-15-7-2-8-16-27)30(36)21-26-13-5-1-6-14-26/h1-20,31,35,37-40H,21-25H2/t31-,32+,33-,34-/m1/s1. The summed E-state index contributed by atoms with van der Waals surface area (Å²) in [6.45, 7) is -0.908. The Kier molecular flexibility index (Phi) is 9.30. The summed E-state index contributed by atoms with van der Waals surface area (Å²) in [6, 6.07) is 35.0. The van der Waals surface area contributed by atoms with Crippen LogP contribution in [0.15, 0.2) is 121 Å². The molecule has 0 aliphatic carbocycles. The Morgan fingerprint density at radius 3 is 1.38 bits per heavy atom. The van der Waals surface area contributed by atoms with Crippen LogP contribution in [0, 0.1) is 0 Å². The van der Waals surface area contributed by atoms with Gasteiger partial charge in [0, 0.05) is 25.7 Å². The van der Waals surface area contributed by atoms with Crippen LogP contribution in [-0.2, 0) is 30.5 Å². The third kappa shape index (κ3) is 6.07. The second-order valence-electron chi connectivity index (χ2n) is 10.4. The van der Waals surface area contributed by atoms with Crippen LogP contribution < -0.4 is 0 Å². The number of hydrogen-bond donors (Lipinski definition) is 5. The minimum atomic E-state index is -2.65. The molecule has 0 saturated heterocycles. The number of Topliss-reactive ketones (excluding diaryl/α,β-unsaturated/α-hetero) is 1. The lowest BCUT2D eigenvalue weighted by Crippen LogP contribution is -2.77. The van der Waals surface area contributed by atoms with E-state index in [4.69, 9.17) is 0 Å². The highest BCUT2D eigenvalue weighted by atomic mass is 16.4. The van der Waals surface area contributed by atoms with Gasteiger partial charge in [0.15, 0.2) is 11.4 Å². The number of ketones is 1. The zero-order valence-corrected chi connectivity index (χ0v) is 22.3. The highest BCUT2D eigenvalue weighted by Crippen LogP contribution is 2.43. The number of rotatable bonds is 13. The van der Waals surface area contributed by atoms with Crippen LogP contribution in [0.3, 0.4) is 0 Å². The molecule has 40 heavy (non-hydrogen) atoms. The minimum Gasteiger partial charge on any atom is -0.394 e. The lowest BCUT2D eigenvalue weighted by molar-refractivity contribution is -0.269. The average molecular weight is 541 g/mol. The predicted molar refractivity (Wildman–Crippen MR) is 154 cm³/mol. The Morgan fingerprint density at radius 1 is 0.575 bits per heavy atom. The zero-order valence-electron chi connectivity index (χ0n) is 22.3. The summed E-state index contributed by atoms with van der Waals surface area (Å²) < 4.78 is 0. The van der Waals surface area contributed by atoms with Gasteiger partial charge < -0.3 is 25.5 Å². The maximum Gasteiger partial charge on any atom is 0.172 e. The first-order valence-electron chi connectivity index (χ1n) is 13.4. The molecule has 0 heterocycles. The molecule has 5 N–H and O–H groups in total. The number of benzene rings is 4. The van der Waals surface area contributed by atoms with Gasteiger partial charge in [-0.05, 0) is 22.3 Å². The van der Waals surface area contributed by atoms with Gasteiger partial charge in [0.2, 0.25) is 0 Å². The van der Waals surface area contributed by atoms with Gasteiger partial charge in [-0.2, -0.15) is 0 Å². The van der Waals surface area contributed by atoms with E-state index in [1.54, 1.807) is 115 Å². The van der Waals surface area contributed by atoms with E-state index in [-0.39, 0.29) is 25.7 Å². The fraction of sp³-hybridized carbons (Fsp3) is 0.265. The van der Waals surface area contributed by atoms with E-state index in [0.717, 1.165) is 0 Å². The Morgan fingerprint density at radius 2 is 0.950 bits per heavy atom. The lowest BCUT2D eigenvalue weighted by Gasteiger charge is -2.53. The van der Waals surface area contributed by atoms with Crippen molar-refractivity contribution in [1.82, 2.24) is 0 Å². The van der Waals surface area contributed by atoms with Crippen molar-refractivity contribution in [1.29, 1.82) is 0 Å². The second kappa shape index (κ2) is 12.7. The van der Waals surface area contributed by atoms with E-state index >= 15 is 0 Å². The van der Waals surface area contributed by atoms with Crippen molar-refractivity contribution in [3.05, 3.63) is 144 Å². The number of aliphatic hydroxyl groups excluding tert-OH is 2. The molecule has 0 unspecified atom stereocenters. The molecule has 4 rings (SSSR count). The minimum absolute atomic E-state index is 0.224. The van der Waals surface area contributed by atoms with Gasteiger partial charge in [-0.25, -0.2) is 0 Å². The molecule has 0 saturated carbocycles. The molecule has 4 aromatic rings. The summed E-state index contributed by atoms with van der Waals surface area (Å²) in [5, 5.41) is 59.0. The van der Waals surface area contributed by atoms with Gasteiger partial charge in [0.25, 0.3) is 0 Å². The number of aliphatic hydroxyl groups is 5. The topological polar surface area (TPSA) is 118 Å². The molecule has 6 heteroatoms. The van der Waals surface area contributed by atoms with Crippen molar-refractivity contribution in [2.75, 3.05) is 6.61 Å². The average Bonchev–Trinajstić information content (AvgIpc) is 2.98. The predicted octanol–water partition coefficient (Wildman–Crippen LogP) is 3.07. The van der Waals surface area contributed by atoms with Gasteiger partial charge >= 0.3 is 0 Å². The van der Waals surface area contributed by atoms with Crippen LogP contribution in [0.4, 0.5) is 0 Å². The molecule has 0 aromatic heterocycles. The fourth-order valence-corrected chi connectivity index (χ4v) is 5.44. The van der Waals surface area contributed by atoms with E-state index in [1.165, 1.54) is 0 Å². The summed E-state index contributed by atoms with van der Waals surface area (Å²) in [4.78, 5) is 14.2. The van der Waals surface area contributed by atoms with Crippen LogP contribution in [-0.4, -0.2) is 60.8 Å². The van der Waals surface area contributed by atoms with Crippen molar-refractivity contribution in [3.63, 3.8) is 0 Å². The summed E-state index contributed by atoms with van der Waals surface area (Å²) >= 11 is 0. The van der Waals surface area contributed by atoms with E-state index in [0.29, 0.717) is 22.3 Å². The van der Waals surface area contributed by atoms with Crippen molar-refractivity contribution in [2.24, 2.45) is 0 Å². The van der Waals surface area contributed by atoms with E-state index < -0.39 is 35.3 Å². The first-order chi connectivity index (χ1) is 19.2. The van der Waals surface area contributed by atoms with E-state index in [2.05, 4.69) is 0 Å². The number of carbonyl (C=O) groups is 1. The molecule has 0 amide bonds. The molecule has 0 fully saturated rings. The first kappa shape index (κ1) is 29.3. The maximum absolute atomic E-state index is 14.2. The van der Waals surface area contributed by atoms with E-state index in [1.807, 2.05) is 6.07 Å². The molecular weight excluding hydrogens is 504 g/mol. The monoisotopic (exact) mass is 540 g/mol. The van der Waals surface area contributed by atoms with Crippen LogP contribution in [0.2, 0.25) is 0 Å². The van der Waals surface area contributed by atoms with Crippen molar-refractivity contribution >= 4 is 5.78 Å². The highest BCUT2D eigenvalue weighted by molar-refractivity contribution is 5.91. The van der Waals surface area contributed by atoms with Crippen molar-refractivity contribution in [3.8, 4) is 0 Å². The Balaban J connectivity index is 1.94. The molecule has 4 aromatic carbocycles. The quantitative estimate of drug-likeness (QED) is 0.178. The molecule has 4 atom stereocenters. The lowest BCUT2D eigenvalue weighted by atomic mass is 9.60. The van der Waals surface area contributed by atoms with Gasteiger partial charge in [-0.15, -0.1) is 0 Å². The van der Waals surface area contributed by atoms with Crippen LogP contribution in [0.5, 0.6) is 0 Å². The Labute approximate surface area is 234 Å². The normalized spacial score (nSPS) is 16.7. The molecule has 0 spiro atoms. The Hall–Kier alpha value is -3.65. The number of hydrogen-bond acceptors (Lipinski definition) is 6. The molecule has 0 aliphatic heterocycles. The van der Waals surface area contributed by atoms with Gasteiger partial charge in [0.05, 0.1) is 6.61 Å². The third-order valence-electron chi connectivity index (χ3n) is 7.72. The molecule has 208 valence electrons. The summed E-state index contributed by atoms with van der Waals surface area (Å²) in [6.07, 6.45) is -3.17. The van der Waals surface area contributed by atoms with Crippen LogP contribution in [0.1, 0.15) is 22.3 Å². The molecule has 6 nitrogen and oxygen atoms in total. The van der Waals surface area contributed by atoms with E-state index in [9.17, 15) is 30.3 Å². The fourth-order valence-electron chi connectivity index (χ4n) is 5.44. The Bertz CT molecular complexity index is 1350. The second-order valence-corrected chi connectivity index (χ2v) is 10.4. The first-order valence-corrected chi connectivity index (χ1v) is 13.4. The maximum atomic E-state index is 14.2. The summed E-state index contributed by atoms with van der Waals surface area (Å²) in [7, 11) is 0. The van der Waals surface area contributed by atoms with Gasteiger partial charge in [0.1, 0.15) is 17.3 Å². The zero-order chi connectivity index (χ0) is 28.6. The summed E-state index contributed by atoms with van der Waals surface area (Å²) in [5.41, 5.74) is -5.54. The molecule has 0 bridgehead atoms. The smallest absolute Gasteiger partial charge is 0.172 e. The molecular formula is C34H36O6. The summed E-state index contributed by atoms with van der Waals surface area (Å²) in [5.74, 6) is -0.724. The number of carbonyl (C=O) groups excluding carboxylic acids is 1. The van der Waals surface area contributed by atoms with Crippen LogP contribution >= 0.6 is 0 Å². The molecule has 0 radical (unpaired) electrons.